The summed E-state index contributed by atoms with van der Waals surface area (Å²) in [5.74, 6) is -0.202. The number of hydrogen-bond acceptors (Lipinski definition) is 4. The Balaban J connectivity index is 1.65. The number of nitrogens with zero attached hydrogens (tertiary/aromatic N) is 1. The first-order valence-corrected chi connectivity index (χ1v) is 8.92. The van der Waals surface area contributed by atoms with Crippen LogP contribution in [0.4, 0.5) is 11.4 Å². The minimum absolute atomic E-state index is 0.117. The van der Waals surface area contributed by atoms with Crippen LogP contribution in [0, 0.1) is 11.3 Å². The third-order valence-corrected chi connectivity index (χ3v) is 4.70. The Morgan fingerprint density at radius 3 is 2.31 bits per heavy atom. The molecule has 3 aromatic carbocycles. The first-order valence-electron chi connectivity index (χ1n) is 8.11. The first kappa shape index (κ1) is 17.6. The standard InChI is InChI=1S/C21H17N3OS/c22-14-16-8-4-5-11-18(16)24-21(25)15-23-19-12-6-7-13-20(19)26-17-9-2-1-3-10-17/h1-13,23H,15H2,(H,24,25). The summed E-state index contributed by atoms with van der Waals surface area (Å²) in [5, 5.41) is 15.0. The van der Waals surface area contributed by atoms with Gasteiger partial charge in [-0.15, -0.1) is 0 Å². The molecule has 0 heterocycles. The van der Waals surface area contributed by atoms with E-state index in [1.54, 1.807) is 36.0 Å². The lowest BCUT2D eigenvalue weighted by Crippen LogP contribution is -2.22. The highest BCUT2D eigenvalue weighted by Crippen LogP contribution is 2.33. The predicted molar refractivity (Wildman–Crippen MR) is 105 cm³/mol. The van der Waals surface area contributed by atoms with E-state index < -0.39 is 0 Å². The van der Waals surface area contributed by atoms with Crippen LogP contribution < -0.4 is 10.6 Å². The Labute approximate surface area is 156 Å². The fourth-order valence-corrected chi connectivity index (χ4v) is 3.32. The summed E-state index contributed by atoms with van der Waals surface area (Å²) in [6, 6.07) is 27.0. The second-order valence-electron chi connectivity index (χ2n) is 5.47. The van der Waals surface area contributed by atoms with Crippen molar-refractivity contribution in [1.82, 2.24) is 0 Å². The van der Waals surface area contributed by atoms with Gasteiger partial charge in [-0.05, 0) is 36.4 Å². The molecule has 0 spiro atoms. The molecular weight excluding hydrogens is 342 g/mol. The van der Waals surface area contributed by atoms with Gasteiger partial charge in [-0.1, -0.05) is 54.2 Å². The van der Waals surface area contributed by atoms with E-state index >= 15 is 0 Å². The van der Waals surface area contributed by atoms with E-state index in [1.807, 2.05) is 54.6 Å². The SMILES string of the molecule is N#Cc1ccccc1NC(=O)CNc1ccccc1Sc1ccccc1. The lowest BCUT2D eigenvalue weighted by atomic mass is 10.2. The van der Waals surface area contributed by atoms with Crippen molar-refractivity contribution in [2.45, 2.75) is 9.79 Å². The van der Waals surface area contributed by atoms with E-state index in [4.69, 9.17) is 5.26 Å². The highest BCUT2D eigenvalue weighted by atomic mass is 32.2. The van der Waals surface area contributed by atoms with Gasteiger partial charge in [0, 0.05) is 15.5 Å². The Kier molecular flexibility index (Phi) is 5.92. The molecule has 128 valence electrons. The van der Waals surface area contributed by atoms with Crippen molar-refractivity contribution in [2.75, 3.05) is 17.2 Å². The molecule has 0 atom stereocenters. The lowest BCUT2D eigenvalue weighted by molar-refractivity contribution is -0.114. The lowest BCUT2D eigenvalue weighted by Gasteiger charge is -2.12. The second kappa shape index (κ2) is 8.75. The molecule has 1 amide bonds. The van der Waals surface area contributed by atoms with Gasteiger partial charge in [0.25, 0.3) is 0 Å². The largest absolute Gasteiger partial charge is 0.375 e. The average molecular weight is 359 g/mol. The van der Waals surface area contributed by atoms with Crippen molar-refractivity contribution in [2.24, 2.45) is 0 Å². The average Bonchev–Trinajstić information content (AvgIpc) is 2.68. The highest BCUT2D eigenvalue weighted by molar-refractivity contribution is 7.99. The van der Waals surface area contributed by atoms with Crippen molar-refractivity contribution >= 4 is 29.0 Å². The number of hydrogen-bond donors (Lipinski definition) is 2. The number of nitriles is 1. The number of benzene rings is 3. The Morgan fingerprint density at radius 2 is 1.54 bits per heavy atom. The van der Waals surface area contributed by atoms with Crippen molar-refractivity contribution in [3.8, 4) is 6.07 Å². The van der Waals surface area contributed by atoms with E-state index in [-0.39, 0.29) is 12.5 Å². The fraction of sp³-hybridized carbons (Fsp3) is 0.0476. The molecule has 0 aliphatic heterocycles. The molecule has 3 rings (SSSR count). The molecule has 0 saturated carbocycles. The monoisotopic (exact) mass is 359 g/mol. The zero-order valence-electron chi connectivity index (χ0n) is 14.0. The Bertz CT molecular complexity index is 935. The van der Waals surface area contributed by atoms with Crippen LogP contribution in [0.1, 0.15) is 5.56 Å². The second-order valence-corrected chi connectivity index (χ2v) is 6.59. The summed E-state index contributed by atoms with van der Waals surface area (Å²) >= 11 is 1.64. The molecule has 0 unspecified atom stereocenters. The summed E-state index contributed by atoms with van der Waals surface area (Å²) in [6.45, 7) is 0.117. The number of carbonyl (C=O) groups is 1. The van der Waals surface area contributed by atoms with E-state index in [0.717, 1.165) is 15.5 Å². The van der Waals surface area contributed by atoms with E-state index in [1.165, 1.54) is 0 Å². The molecule has 2 N–H and O–H groups in total. The molecule has 3 aromatic rings. The van der Waals surface area contributed by atoms with Gasteiger partial charge in [0.1, 0.15) is 6.07 Å². The van der Waals surface area contributed by atoms with Gasteiger partial charge in [-0.2, -0.15) is 5.26 Å². The topological polar surface area (TPSA) is 64.9 Å². The number of para-hydroxylation sites is 2. The van der Waals surface area contributed by atoms with Crippen LogP contribution in [0.3, 0.4) is 0 Å². The molecule has 0 radical (unpaired) electrons. The van der Waals surface area contributed by atoms with Gasteiger partial charge in [-0.3, -0.25) is 4.79 Å². The highest BCUT2D eigenvalue weighted by Gasteiger charge is 2.08. The van der Waals surface area contributed by atoms with Crippen LogP contribution in [0.2, 0.25) is 0 Å². The molecule has 0 aliphatic carbocycles. The summed E-state index contributed by atoms with van der Waals surface area (Å²) in [5.41, 5.74) is 1.86. The van der Waals surface area contributed by atoms with E-state index in [2.05, 4.69) is 16.7 Å². The normalized spacial score (nSPS) is 9.96. The van der Waals surface area contributed by atoms with Crippen LogP contribution in [0.15, 0.2) is 88.7 Å². The smallest absolute Gasteiger partial charge is 0.243 e. The van der Waals surface area contributed by atoms with Crippen molar-refractivity contribution in [3.63, 3.8) is 0 Å². The third-order valence-electron chi connectivity index (χ3n) is 3.62. The molecule has 5 heteroatoms. The van der Waals surface area contributed by atoms with Crippen LogP contribution in [-0.2, 0) is 4.79 Å². The zero-order chi connectivity index (χ0) is 18.2. The van der Waals surface area contributed by atoms with Gasteiger partial charge in [0.15, 0.2) is 0 Å². The van der Waals surface area contributed by atoms with E-state index in [9.17, 15) is 4.79 Å². The molecule has 0 bridgehead atoms. The predicted octanol–water partition coefficient (Wildman–Crippen LogP) is 4.76. The molecule has 0 aliphatic rings. The zero-order valence-corrected chi connectivity index (χ0v) is 14.8. The molecule has 4 nitrogen and oxygen atoms in total. The summed E-state index contributed by atoms with van der Waals surface area (Å²) < 4.78 is 0. The number of amides is 1. The Hall–Kier alpha value is -3.23. The third kappa shape index (κ3) is 4.65. The Morgan fingerprint density at radius 1 is 0.885 bits per heavy atom. The fourth-order valence-electron chi connectivity index (χ4n) is 2.38. The van der Waals surface area contributed by atoms with Crippen LogP contribution in [-0.4, -0.2) is 12.5 Å². The van der Waals surface area contributed by atoms with Gasteiger partial charge in [-0.25, -0.2) is 0 Å². The minimum atomic E-state index is -0.202. The number of carbonyl (C=O) groups excluding carboxylic acids is 1. The molecule has 0 saturated heterocycles. The molecular formula is C21H17N3OS. The first-order chi connectivity index (χ1) is 12.8. The number of nitrogens with one attached hydrogen (secondary N) is 2. The van der Waals surface area contributed by atoms with E-state index in [0.29, 0.717) is 11.3 Å². The molecule has 0 fully saturated rings. The van der Waals surface area contributed by atoms with Gasteiger partial charge < -0.3 is 10.6 Å². The van der Waals surface area contributed by atoms with Gasteiger partial charge in [0.05, 0.1) is 17.8 Å². The van der Waals surface area contributed by atoms with Crippen LogP contribution in [0.5, 0.6) is 0 Å². The maximum atomic E-state index is 12.2. The number of rotatable bonds is 6. The maximum Gasteiger partial charge on any atom is 0.243 e. The summed E-state index contributed by atoms with van der Waals surface area (Å²) in [7, 11) is 0. The quantitative estimate of drug-likeness (QED) is 0.666. The van der Waals surface area contributed by atoms with Crippen LogP contribution >= 0.6 is 11.8 Å². The van der Waals surface area contributed by atoms with Gasteiger partial charge >= 0.3 is 0 Å². The minimum Gasteiger partial charge on any atom is -0.375 e. The molecule has 26 heavy (non-hydrogen) atoms. The van der Waals surface area contributed by atoms with Crippen molar-refractivity contribution in [3.05, 3.63) is 84.4 Å². The summed E-state index contributed by atoms with van der Waals surface area (Å²) in [6.07, 6.45) is 0. The van der Waals surface area contributed by atoms with Gasteiger partial charge in [0.2, 0.25) is 5.91 Å². The number of anilines is 2. The van der Waals surface area contributed by atoms with Crippen molar-refractivity contribution < 1.29 is 4.79 Å². The summed E-state index contributed by atoms with van der Waals surface area (Å²) in [4.78, 5) is 14.4. The molecule has 0 aromatic heterocycles. The van der Waals surface area contributed by atoms with Crippen LogP contribution in [0.25, 0.3) is 0 Å². The van der Waals surface area contributed by atoms with Crippen molar-refractivity contribution in [1.29, 1.82) is 5.26 Å². The maximum absolute atomic E-state index is 12.2.